The van der Waals surface area contributed by atoms with Crippen LogP contribution in [0.3, 0.4) is 0 Å². The third-order valence-corrected chi connectivity index (χ3v) is 0. The van der Waals surface area contributed by atoms with Crippen LogP contribution in [-0.2, 0) is 128 Å². The Kier molecular flexibility index (Phi) is 2130. The van der Waals surface area contributed by atoms with Crippen LogP contribution < -0.4 is 0 Å². The monoisotopic (exact) mass is 682 g/mol. The third-order valence-electron chi connectivity index (χ3n) is 0. The molecule has 0 aromatic carbocycles. The average molecular weight is 686 g/mol. The van der Waals surface area contributed by atoms with Crippen LogP contribution in [0.5, 0.6) is 0 Å². The molecule has 0 fully saturated rings. The summed E-state index contributed by atoms with van der Waals surface area (Å²) in [6.45, 7) is 0. The number of rotatable bonds is 0. The maximum absolute atomic E-state index is 8.29. The Balaban J connectivity index is -0.00000000437. The van der Waals surface area contributed by atoms with Crippen LogP contribution >= 0.6 is 21.1 Å². The maximum atomic E-state index is 8.29. The summed E-state index contributed by atoms with van der Waals surface area (Å²) in [7, 11) is 7.29. The molecule has 0 saturated heterocycles. The fraction of sp³-hybridized carbons (Fsp3) is 1.00. The van der Waals surface area contributed by atoms with Crippen molar-refractivity contribution in [3.8, 4) is 0 Å². The molecule has 0 atom stereocenters. The molecule has 0 unspecified atom stereocenters. The van der Waals surface area contributed by atoms with E-state index in [0.717, 1.165) is 0 Å². The fourth-order valence-electron chi connectivity index (χ4n) is 0. The standard InChI is InChI=1S/4CH4.6Cu.2O2S.3O.2S/c;;;;;;;;;;2*1-3-2;;;;;/h4*1H4;;;;;;;;;;;;;. The molecule has 7 nitrogen and oxygen atoms in total. The van der Waals surface area contributed by atoms with Gasteiger partial charge in [0, 0.05) is 17.1 Å². The van der Waals surface area contributed by atoms with Crippen molar-refractivity contribution < 1.29 is 122 Å². The van der Waals surface area contributed by atoms with Crippen molar-refractivity contribution in [1.29, 1.82) is 0 Å². The van der Waals surface area contributed by atoms with Gasteiger partial charge in [0.25, 0.3) is 0 Å². The minimum absolute atomic E-state index is 0. The second-order valence-electron chi connectivity index (χ2n) is 0.136. The molecule has 0 aliphatic heterocycles. The second kappa shape index (κ2) is 499. The van der Waals surface area contributed by atoms with E-state index in [1.807, 2.05) is 0 Å². The van der Waals surface area contributed by atoms with Gasteiger partial charge in [-0.1, -0.05) is 29.7 Å². The number of hydrogen-bond donors (Lipinski definition) is 0. The predicted octanol–water partition coefficient (Wildman–Crippen LogP) is 2.13. The molecule has 0 heterocycles. The van der Waals surface area contributed by atoms with Crippen molar-refractivity contribution in [3.05, 3.63) is 0 Å². The van der Waals surface area contributed by atoms with Gasteiger partial charge in [-0.05, 0) is 0 Å². The summed E-state index contributed by atoms with van der Waals surface area (Å²) in [6, 6.07) is 0. The van der Waals surface area contributed by atoms with Crippen molar-refractivity contribution in [3.63, 3.8) is 0 Å². The molecule has 0 aromatic rings. The SMILES string of the molecule is C.C.C.C.O=S=O.O=S=O.[Cu].[O]=[Cu].[O]=[Cu].[O]=[Cu].[S]=[Cu].[S]=[Cu]. The summed E-state index contributed by atoms with van der Waals surface area (Å²) in [5.74, 6) is 0. The first-order valence-corrected chi connectivity index (χ1v) is 6.57. The summed E-state index contributed by atoms with van der Waals surface area (Å²) < 4.78 is 56.6. The van der Waals surface area contributed by atoms with E-state index in [0.29, 0.717) is 0 Å². The molecule has 0 bridgehead atoms. The number of hydrogen-bond acceptors (Lipinski definition) is 9. The van der Waals surface area contributed by atoms with Gasteiger partial charge in [-0.2, -0.15) is 16.8 Å². The molecule has 17 heteroatoms. The molecule has 164 valence electrons. The first-order chi connectivity index (χ1) is 7.83. The quantitative estimate of drug-likeness (QED) is 0.354. The van der Waals surface area contributed by atoms with Gasteiger partial charge >= 0.3 is 132 Å². The van der Waals surface area contributed by atoms with Crippen molar-refractivity contribution in [2.45, 2.75) is 29.7 Å². The first-order valence-electron chi connectivity index (χ1n) is 1.28. The molecule has 0 spiro atoms. The van der Waals surface area contributed by atoms with Crippen molar-refractivity contribution in [1.82, 2.24) is 0 Å². The first kappa shape index (κ1) is 89.6. The van der Waals surface area contributed by atoms with Crippen molar-refractivity contribution >= 4 is 44.2 Å². The van der Waals surface area contributed by atoms with E-state index < -0.39 is 23.1 Å². The van der Waals surface area contributed by atoms with Crippen LogP contribution in [0.25, 0.3) is 0 Å². The Labute approximate surface area is 193 Å². The van der Waals surface area contributed by atoms with Crippen LogP contribution in [0.1, 0.15) is 29.7 Å². The van der Waals surface area contributed by atoms with Gasteiger partial charge in [-0.15, -0.1) is 0 Å². The molecular weight excluding hydrogens is 670 g/mol. The zero-order valence-electron chi connectivity index (χ0n) is 6.30. The molecule has 0 N–H and O–H groups in total. The molecule has 1 radical (unpaired) electrons. The molecule has 0 rings (SSSR count). The van der Waals surface area contributed by atoms with E-state index in [4.69, 9.17) is 28.3 Å². The van der Waals surface area contributed by atoms with E-state index in [-0.39, 0.29) is 46.8 Å². The van der Waals surface area contributed by atoms with E-state index in [9.17, 15) is 0 Å². The topological polar surface area (TPSA) is 119 Å². The van der Waals surface area contributed by atoms with Crippen molar-refractivity contribution in [2.24, 2.45) is 0 Å². The van der Waals surface area contributed by atoms with E-state index in [2.05, 4.69) is 97.7 Å². The summed E-state index contributed by atoms with van der Waals surface area (Å²) in [6.07, 6.45) is 0. The van der Waals surface area contributed by atoms with Gasteiger partial charge in [0.15, 0.2) is 0 Å². The molecule has 21 heavy (non-hydrogen) atoms. The van der Waals surface area contributed by atoms with Gasteiger partial charge < -0.3 is 0 Å². The molecular formula is C4H16Cu6O7S4. The van der Waals surface area contributed by atoms with Gasteiger partial charge in [-0.3, -0.25) is 0 Å². The Hall–Kier alpha value is 2.60. The third kappa shape index (κ3) is 1420. The summed E-state index contributed by atoms with van der Waals surface area (Å²) in [5.41, 5.74) is 0. The summed E-state index contributed by atoms with van der Waals surface area (Å²) in [5, 5.41) is 0. The van der Waals surface area contributed by atoms with Crippen LogP contribution in [0, 0.1) is 0 Å². The van der Waals surface area contributed by atoms with Crippen molar-refractivity contribution in [2.75, 3.05) is 0 Å². The Bertz CT molecular complexity index is 136. The van der Waals surface area contributed by atoms with E-state index in [1.165, 1.54) is 0 Å². The Morgan fingerprint density at radius 2 is 0.476 bits per heavy atom. The minimum atomic E-state index is -0.750. The van der Waals surface area contributed by atoms with Crippen LogP contribution in [0.15, 0.2) is 0 Å². The zero-order valence-corrected chi connectivity index (χ0v) is 15.2. The zero-order chi connectivity index (χ0) is 15.4. The van der Waals surface area contributed by atoms with Crippen LogP contribution in [0.4, 0.5) is 0 Å². The van der Waals surface area contributed by atoms with Crippen LogP contribution in [0.2, 0.25) is 0 Å². The van der Waals surface area contributed by atoms with E-state index >= 15 is 0 Å². The molecule has 0 saturated carbocycles. The predicted molar refractivity (Wildman–Crippen MR) is 62.0 cm³/mol. The van der Waals surface area contributed by atoms with Gasteiger partial charge in [0.2, 0.25) is 0 Å². The summed E-state index contributed by atoms with van der Waals surface area (Å²) in [4.78, 5) is 0. The molecule has 0 aliphatic carbocycles. The Morgan fingerprint density at radius 1 is 0.476 bits per heavy atom. The molecule has 0 aliphatic rings. The van der Waals surface area contributed by atoms with E-state index in [1.54, 1.807) is 0 Å². The Morgan fingerprint density at radius 3 is 0.476 bits per heavy atom. The van der Waals surface area contributed by atoms with Gasteiger partial charge in [0.1, 0.15) is 0 Å². The van der Waals surface area contributed by atoms with Gasteiger partial charge in [0.05, 0.1) is 0 Å². The molecule has 0 amide bonds. The van der Waals surface area contributed by atoms with Gasteiger partial charge in [-0.25, -0.2) is 0 Å². The normalized spacial score (nSPS) is 2.57. The average Bonchev–Trinajstić information content (AvgIpc) is 2.42. The second-order valence-corrected chi connectivity index (χ2v) is 0.408. The fourth-order valence-corrected chi connectivity index (χ4v) is 0. The summed E-state index contributed by atoms with van der Waals surface area (Å²) >= 11 is 14.9. The molecule has 0 aromatic heterocycles. The van der Waals surface area contributed by atoms with Crippen LogP contribution in [-0.4, -0.2) is 16.8 Å².